The molecule has 0 radical (unpaired) electrons. The Labute approximate surface area is 196 Å². The number of hydrogen-bond donors (Lipinski definition) is 1. The summed E-state index contributed by atoms with van der Waals surface area (Å²) in [6, 6.07) is 7.49. The van der Waals surface area contributed by atoms with Gasteiger partial charge >= 0.3 is 12.1 Å². The van der Waals surface area contributed by atoms with Crippen LogP contribution < -0.4 is 0 Å². The monoisotopic (exact) mass is 481 g/mol. The van der Waals surface area contributed by atoms with E-state index in [1.54, 1.807) is 0 Å². The molecule has 0 aliphatic heterocycles. The van der Waals surface area contributed by atoms with E-state index in [2.05, 4.69) is 6.07 Å². The molecule has 1 N–H and O–H groups in total. The zero-order chi connectivity index (χ0) is 24.0. The Kier molecular flexibility index (Phi) is 8.51. The molecule has 0 saturated heterocycles. The third kappa shape index (κ3) is 7.29. The van der Waals surface area contributed by atoms with Gasteiger partial charge in [-0.25, -0.2) is 0 Å². The predicted octanol–water partition coefficient (Wildman–Crippen LogP) is 6.56. The number of Topliss-reactive ketones (excluding diaryl/α,β-unsaturated/α-hetero) is 1. The third-order valence-electron chi connectivity index (χ3n) is 6.04. The number of halogens is 4. The SMILES string of the molecule is O=C(O)C[C@H](CC(=O)CCCCc1ccc2c(n1)CCCC2)c1ccc(Cl)c(C(F)(F)F)c1. The molecule has 0 spiro atoms. The minimum absolute atomic E-state index is 0.123. The van der Waals surface area contributed by atoms with Crippen molar-refractivity contribution in [1.29, 1.82) is 0 Å². The van der Waals surface area contributed by atoms with E-state index in [-0.39, 0.29) is 24.2 Å². The summed E-state index contributed by atoms with van der Waals surface area (Å²) in [5, 5.41) is 8.74. The molecule has 1 heterocycles. The maximum atomic E-state index is 13.2. The van der Waals surface area contributed by atoms with Gasteiger partial charge in [-0.2, -0.15) is 13.2 Å². The number of unbranched alkanes of at least 4 members (excludes halogenated alkanes) is 1. The number of alkyl halides is 3. The summed E-state index contributed by atoms with van der Waals surface area (Å²) in [5.41, 5.74) is 2.63. The number of ketones is 1. The number of hydrogen-bond acceptors (Lipinski definition) is 3. The Hall–Kier alpha value is -2.41. The van der Waals surface area contributed by atoms with Crippen molar-refractivity contribution in [3.8, 4) is 0 Å². The van der Waals surface area contributed by atoms with E-state index in [4.69, 9.17) is 16.6 Å². The molecule has 0 bridgehead atoms. The van der Waals surface area contributed by atoms with Crippen molar-refractivity contribution >= 4 is 23.4 Å². The Balaban J connectivity index is 1.56. The van der Waals surface area contributed by atoms with Crippen LogP contribution in [0.1, 0.15) is 78.9 Å². The van der Waals surface area contributed by atoms with Gasteiger partial charge in [0.1, 0.15) is 5.78 Å². The molecule has 0 saturated carbocycles. The van der Waals surface area contributed by atoms with Gasteiger partial charge in [-0.3, -0.25) is 14.6 Å². The number of fused-ring (bicyclic) bond motifs is 1. The van der Waals surface area contributed by atoms with Crippen molar-refractivity contribution < 1.29 is 27.9 Å². The lowest BCUT2D eigenvalue weighted by atomic mass is 9.88. The summed E-state index contributed by atoms with van der Waals surface area (Å²) in [5.74, 6) is -2.17. The number of benzene rings is 1. The minimum atomic E-state index is -4.66. The average Bonchev–Trinajstić information content (AvgIpc) is 2.75. The fourth-order valence-electron chi connectivity index (χ4n) is 4.30. The second-order valence-corrected chi connectivity index (χ2v) is 9.00. The molecule has 178 valence electrons. The standard InChI is InChI=1S/C25H27ClF3NO3/c26-22-12-10-17(14-21(22)25(27,28)29)18(15-24(32)33)13-20(31)7-3-2-6-19-11-9-16-5-1-4-8-23(16)30-19/h9-12,14,18H,1-8,13,15H2,(H,32,33)/t18-/m0/s1. The van der Waals surface area contributed by atoms with Crippen LogP contribution in [0.15, 0.2) is 30.3 Å². The summed E-state index contributed by atoms with van der Waals surface area (Å²) < 4.78 is 39.5. The van der Waals surface area contributed by atoms with Gasteiger partial charge in [-0.05, 0) is 74.3 Å². The van der Waals surface area contributed by atoms with Gasteiger partial charge in [0.05, 0.1) is 17.0 Å². The Morgan fingerprint density at radius 2 is 1.82 bits per heavy atom. The molecule has 8 heteroatoms. The van der Waals surface area contributed by atoms with E-state index >= 15 is 0 Å². The van der Waals surface area contributed by atoms with Crippen LogP contribution in [0.2, 0.25) is 5.02 Å². The Morgan fingerprint density at radius 3 is 2.55 bits per heavy atom. The van der Waals surface area contributed by atoms with E-state index in [0.717, 1.165) is 49.9 Å². The second kappa shape index (κ2) is 11.1. The highest BCUT2D eigenvalue weighted by atomic mass is 35.5. The zero-order valence-corrected chi connectivity index (χ0v) is 19.0. The first-order valence-electron chi connectivity index (χ1n) is 11.2. The van der Waals surface area contributed by atoms with E-state index in [0.29, 0.717) is 6.42 Å². The topological polar surface area (TPSA) is 67.3 Å². The number of aliphatic carboxylic acids is 1. The normalized spacial score (nSPS) is 14.5. The number of rotatable bonds is 10. The largest absolute Gasteiger partial charge is 0.481 e. The summed E-state index contributed by atoms with van der Waals surface area (Å²) in [6.45, 7) is 0. The van der Waals surface area contributed by atoms with Crippen LogP contribution in [-0.2, 0) is 35.0 Å². The first-order valence-corrected chi connectivity index (χ1v) is 11.6. The summed E-state index contributed by atoms with van der Waals surface area (Å²) >= 11 is 5.66. The van der Waals surface area contributed by atoms with E-state index in [1.807, 2.05) is 6.07 Å². The van der Waals surface area contributed by atoms with Crippen molar-refractivity contribution in [3.63, 3.8) is 0 Å². The van der Waals surface area contributed by atoms with Gasteiger partial charge in [-0.15, -0.1) is 0 Å². The van der Waals surface area contributed by atoms with Crippen LogP contribution >= 0.6 is 11.6 Å². The van der Waals surface area contributed by atoms with Crippen LogP contribution in [-0.4, -0.2) is 21.8 Å². The molecule has 1 aromatic carbocycles. The van der Waals surface area contributed by atoms with E-state index in [1.165, 1.54) is 23.7 Å². The molecule has 0 amide bonds. The minimum Gasteiger partial charge on any atom is -0.481 e. The number of nitrogens with zero attached hydrogens (tertiary/aromatic N) is 1. The van der Waals surface area contributed by atoms with Gasteiger partial charge in [0.2, 0.25) is 0 Å². The maximum absolute atomic E-state index is 13.2. The van der Waals surface area contributed by atoms with Crippen LogP contribution in [0.25, 0.3) is 0 Å². The number of carbonyl (C=O) groups is 2. The summed E-state index contributed by atoms with van der Waals surface area (Å²) in [6.07, 6.45) is 1.62. The molecule has 33 heavy (non-hydrogen) atoms. The summed E-state index contributed by atoms with van der Waals surface area (Å²) in [7, 11) is 0. The molecule has 1 aliphatic carbocycles. The second-order valence-electron chi connectivity index (χ2n) is 8.60. The van der Waals surface area contributed by atoms with Gasteiger partial charge in [0, 0.05) is 30.1 Å². The summed E-state index contributed by atoms with van der Waals surface area (Å²) in [4.78, 5) is 28.5. The number of aromatic nitrogens is 1. The lowest BCUT2D eigenvalue weighted by molar-refractivity contribution is -0.138. The molecule has 2 aromatic rings. The van der Waals surface area contributed by atoms with Gasteiger partial charge < -0.3 is 5.11 Å². The quantitative estimate of drug-likeness (QED) is 0.390. The van der Waals surface area contributed by atoms with Gasteiger partial charge in [-0.1, -0.05) is 23.7 Å². The lowest BCUT2D eigenvalue weighted by Gasteiger charge is -2.18. The molecule has 4 nitrogen and oxygen atoms in total. The molecule has 1 aliphatic rings. The predicted molar refractivity (Wildman–Crippen MR) is 120 cm³/mol. The highest BCUT2D eigenvalue weighted by Crippen LogP contribution is 2.37. The zero-order valence-electron chi connectivity index (χ0n) is 18.3. The molecule has 0 fully saturated rings. The first-order chi connectivity index (χ1) is 15.6. The number of carbonyl (C=O) groups excluding carboxylic acids is 1. The van der Waals surface area contributed by atoms with E-state index in [9.17, 15) is 27.9 Å². The van der Waals surface area contributed by atoms with E-state index < -0.39 is 35.1 Å². The first kappa shape index (κ1) is 25.2. The number of carboxylic acid groups (broad SMARTS) is 1. The fraction of sp³-hybridized carbons (Fsp3) is 0.480. The lowest BCUT2D eigenvalue weighted by Crippen LogP contribution is -2.14. The van der Waals surface area contributed by atoms with Crippen LogP contribution in [0.5, 0.6) is 0 Å². The molecule has 3 rings (SSSR count). The number of pyridine rings is 1. The molecular weight excluding hydrogens is 455 g/mol. The number of aryl methyl sites for hydroxylation is 3. The van der Waals surface area contributed by atoms with Crippen LogP contribution in [0.4, 0.5) is 13.2 Å². The number of carboxylic acids is 1. The van der Waals surface area contributed by atoms with Gasteiger partial charge in [0.25, 0.3) is 0 Å². The highest BCUT2D eigenvalue weighted by Gasteiger charge is 2.34. The van der Waals surface area contributed by atoms with Crippen molar-refractivity contribution in [2.75, 3.05) is 0 Å². The molecule has 0 unspecified atom stereocenters. The van der Waals surface area contributed by atoms with Crippen molar-refractivity contribution in [1.82, 2.24) is 4.98 Å². The maximum Gasteiger partial charge on any atom is 0.417 e. The molecule has 1 aromatic heterocycles. The van der Waals surface area contributed by atoms with Crippen molar-refractivity contribution in [2.45, 2.75) is 76.3 Å². The Bertz CT molecular complexity index is 1010. The van der Waals surface area contributed by atoms with Crippen LogP contribution in [0.3, 0.4) is 0 Å². The Morgan fingerprint density at radius 1 is 1.06 bits per heavy atom. The average molecular weight is 482 g/mol. The third-order valence-corrected chi connectivity index (χ3v) is 6.37. The highest BCUT2D eigenvalue weighted by molar-refractivity contribution is 6.31. The van der Waals surface area contributed by atoms with Crippen molar-refractivity contribution in [3.05, 3.63) is 63.4 Å². The van der Waals surface area contributed by atoms with Crippen LogP contribution in [0, 0.1) is 0 Å². The smallest absolute Gasteiger partial charge is 0.417 e. The van der Waals surface area contributed by atoms with Crippen molar-refractivity contribution in [2.24, 2.45) is 0 Å². The van der Waals surface area contributed by atoms with Gasteiger partial charge in [0.15, 0.2) is 0 Å². The molecule has 1 atom stereocenters. The fourth-order valence-corrected chi connectivity index (χ4v) is 4.53. The molecular formula is C25H27ClF3NO3.